The van der Waals surface area contributed by atoms with Gasteiger partial charge in [0.05, 0.1) is 17.2 Å². The zero-order valence-corrected chi connectivity index (χ0v) is 12.8. The predicted octanol–water partition coefficient (Wildman–Crippen LogP) is 2.18. The molecule has 1 aromatic rings. The van der Waals surface area contributed by atoms with Crippen LogP contribution in [-0.4, -0.2) is 28.2 Å². The van der Waals surface area contributed by atoms with E-state index >= 15 is 0 Å². The Kier molecular flexibility index (Phi) is 3.42. The van der Waals surface area contributed by atoms with Crippen LogP contribution in [0.1, 0.15) is 43.5 Å². The van der Waals surface area contributed by atoms with Crippen molar-refractivity contribution in [2.24, 2.45) is 5.73 Å². The minimum absolute atomic E-state index is 0.112. The second-order valence-corrected chi connectivity index (χ2v) is 6.45. The maximum atomic E-state index is 5.88. The monoisotopic (exact) mass is 291 g/mol. The van der Waals surface area contributed by atoms with Gasteiger partial charge in [0, 0.05) is 12.3 Å². The van der Waals surface area contributed by atoms with Gasteiger partial charge in [-0.25, -0.2) is 4.98 Å². The summed E-state index contributed by atoms with van der Waals surface area (Å²) in [6, 6.07) is 2.11. The first kappa shape index (κ1) is 13.8. The van der Waals surface area contributed by atoms with Crippen molar-refractivity contribution in [1.82, 2.24) is 4.98 Å². The van der Waals surface area contributed by atoms with Crippen molar-refractivity contribution in [1.29, 1.82) is 0 Å². The van der Waals surface area contributed by atoms with Gasteiger partial charge >= 0.3 is 0 Å². The first-order valence-electron chi connectivity index (χ1n) is 7.22. The number of anilines is 1. The molecule has 0 radical (unpaired) electrons. The third-order valence-electron chi connectivity index (χ3n) is 4.61. The van der Waals surface area contributed by atoms with Crippen LogP contribution in [0.2, 0.25) is 0 Å². The Bertz CT molecular complexity index is 560. The number of rotatable bonds is 3. The lowest BCUT2D eigenvalue weighted by Crippen LogP contribution is -2.42. The predicted molar refractivity (Wildman–Crippen MR) is 84.2 cm³/mol. The van der Waals surface area contributed by atoms with E-state index in [4.69, 9.17) is 27.7 Å². The van der Waals surface area contributed by atoms with Crippen LogP contribution in [0.15, 0.2) is 6.07 Å². The number of ether oxygens (including phenoxy) is 1. The molecule has 3 rings (SSSR count). The number of thiocarbonyl (C=S) groups is 1. The summed E-state index contributed by atoms with van der Waals surface area (Å²) in [6.45, 7) is 5.04. The van der Waals surface area contributed by atoms with Crippen LogP contribution >= 0.6 is 12.2 Å². The molecule has 1 aliphatic carbocycles. The number of nitrogens with zero attached hydrogens (tertiary/aromatic N) is 1. The van der Waals surface area contributed by atoms with E-state index in [-0.39, 0.29) is 11.6 Å². The molecule has 0 bridgehead atoms. The number of hydrogen-bond acceptors (Lipinski definition) is 4. The molecule has 2 atom stereocenters. The highest BCUT2D eigenvalue weighted by Gasteiger charge is 2.38. The largest absolute Gasteiger partial charge is 0.389 e. The fraction of sp³-hybridized carbons (Fsp3) is 0.600. The molecule has 3 N–H and O–H groups in total. The maximum absolute atomic E-state index is 5.88. The molecule has 20 heavy (non-hydrogen) atoms. The Morgan fingerprint density at radius 3 is 3.00 bits per heavy atom. The second-order valence-electron chi connectivity index (χ2n) is 6.01. The standard InChI is InChI=1S/C15H21N3OS/c1-9-15(2,6-7-19-9)18-14-11(13(16)20)8-10-4-3-5-12(10)17-14/h8-9H,3-7H2,1-2H3,(H2,16,20)(H,17,18). The zero-order valence-electron chi connectivity index (χ0n) is 12.0. The van der Waals surface area contributed by atoms with Crippen LogP contribution in [-0.2, 0) is 17.6 Å². The normalized spacial score (nSPS) is 28.4. The van der Waals surface area contributed by atoms with E-state index in [1.165, 1.54) is 17.7 Å². The first-order chi connectivity index (χ1) is 9.49. The van der Waals surface area contributed by atoms with Gasteiger partial charge in [-0.2, -0.15) is 0 Å². The molecular weight excluding hydrogens is 270 g/mol. The molecule has 1 aliphatic heterocycles. The van der Waals surface area contributed by atoms with Gasteiger partial charge in [0.2, 0.25) is 0 Å². The minimum atomic E-state index is -0.112. The molecule has 2 heterocycles. The van der Waals surface area contributed by atoms with Crippen molar-refractivity contribution in [3.63, 3.8) is 0 Å². The summed E-state index contributed by atoms with van der Waals surface area (Å²) < 4.78 is 5.68. The zero-order chi connectivity index (χ0) is 14.3. The fourth-order valence-corrected chi connectivity index (χ4v) is 3.18. The Morgan fingerprint density at radius 2 is 2.35 bits per heavy atom. The van der Waals surface area contributed by atoms with Crippen LogP contribution in [0.4, 0.5) is 5.82 Å². The summed E-state index contributed by atoms with van der Waals surface area (Å²) in [7, 11) is 0. The van der Waals surface area contributed by atoms with E-state index in [1.807, 2.05) is 0 Å². The Labute approximate surface area is 125 Å². The highest BCUT2D eigenvalue weighted by molar-refractivity contribution is 7.80. The van der Waals surface area contributed by atoms with E-state index in [9.17, 15) is 0 Å². The first-order valence-corrected chi connectivity index (χ1v) is 7.63. The summed E-state index contributed by atoms with van der Waals surface area (Å²) >= 11 is 5.19. The van der Waals surface area contributed by atoms with E-state index in [0.717, 1.165) is 37.3 Å². The van der Waals surface area contributed by atoms with Crippen molar-refractivity contribution >= 4 is 23.0 Å². The Morgan fingerprint density at radius 1 is 1.55 bits per heavy atom. The molecule has 1 saturated heterocycles. The van der Waals surface area contributed by atoms with Gasteiger partial charge in [-0.05, 0) is 51.2 Å². The molecule has 0 saturated carbocycles. The van der Waals surface area contributed by atoms with Gasteiger partial charge in [0.15, 0.2) is 0 Å². The van der Waals surface area contributed by atoms with E-state index < -0.39 is 0 Å². The van der Waals surface area contributed by atoms with Crippen LogP contribution < -0.4 is 11.1 Å². The average Bonchev–Trinajstić information content (AvgIpc) is 2.96. The summed E-state index contributed by atoms with van der Waals surface area (Å²) in [6.07, 6.45) is 4.40. The maximum Gasteiger partial charge on any atom is 0.137 e. The lowest BCUT2D eigenvalue weighted by molar-refractivity contribution is 0.105. The molecule has 0 spiro atoms. The van der Waals surface area contributed by atoms with E-state index in [0.29, 0.717) is 4.99 Å². The molecule has 0 aromatic carbocycles. The molecule has 108 valence electrons. The highest BCUT2D eigenvalue weighted by Crippen LogP contribution is 2.32. The van der Waals surface area contributed by atoms with Gasteiger partial charge in [0.1, 0.15) is 10.8 Å². The lowest BCUT2D eigenvalue weighted by Gasteiger charge is -2.30. The van der Waals surface area contributed by atoms with Gasteiger partial charge in [-0.15, -0.1) is 0 Å². The van der Waals surface area contributed by atoms with Gasteiger partial charge in [-0.1, -0.05) is 12.2 Å². The molecule has 0 amide bonds. The van der Waals surface area contributed by atoms with E-state index in [2.05, 4.69) is 25.2 Å². The Balaban J connectivity index is 1.98. The lowest BCUT2D eigenvalue weighted by atomic mass is 9.94. The summed E-state index contributed by atoms with van der Waals surface area (Å²) in [5.41, 5.74) is 9.11. The molecule has 1 fully saturated rings. The number of nitrogens with two attached hydrogens (primary N) is 1. The number of fused-ring (bicyclic) bond motifs is 1. The summed E-state index contributed by atoms with van der Waals surface area (Å²) in [5, 5.41) is 3.54. The van der Waals surface area contributed by atoms with Crippen molar-refractivity contribution < 1.29 is 4.74 Å². The number of nitrogens with one attached hydrogen (secondary N) is 1. The van der Waals surface area contributed by atoms with Gasteiger partial charge < -0.3 is 15.8 Å². The van der Waals surface area contributed by atoms with Gasteiger partial charge in [0.25, 0.3) is 0 Å². The average molecular weight is 291 g/mol. The van der Waals surface area contributed by atoms with Crippen molar-refractivity contribution in [2.75, 3.05) is 11.9 Å². The van der Waals surface area contributed by atoms with Crippen LogP contribution in [0.3, 0.4) is 0 Å². The third-order valence-corrected chi connectivity index (χ3v) is 4.83. The molecule has 2 unspecified atom stereocenters. The molecule has 4 nitrogen and oxygen atoms in total. The quantitative estimate of drug-likeness (QED) is 0.836. The summed E-state index contributed by atoms with van der Waals surface area (Å²) in [4.78, 5) is 5.19. The number of pyridine rings is 1. The molecule has 5 heteroatoms. The van der Waals surface area contributed by atoms with Crippen molar-refractivity contribution in [3.05, 3.63) is 22.9 Å². The molecule has 2 aliphatic rings. The van der Waals surface area contributed by atoms with Crippen LogP contribution in [0.5, 0.6) is 0 Å². The Hall–Kier alpha value is -1.20. The van der Waals surface area contributed by atoms with E-state index in [1.54, 1.807) is 0 Å². The number of hydrogen-bond donors (Lipinski definition) is 2. The summed E-state index contributed by atoms with van der Waals surface area (Å²) in [5.74, 6) is 0.818. The van der Waals surface area contributed by atoms with Crippen LogP contribution in [0, 0.1) is 0 Å². The minimum Gasteiger partial charge on any atom is -0.389 e. The third kappa shape index (κ3) is 2.29. The topological polar surface area (TPSA) is 60.2 Å². The van der Waals surface area contributed by atoms with Crippen LogP contribution in [0.25, 0.3) is 0 Å². The number of aromatic nitrogens is 1. The fourth-order valence-electron chi connectivity index (χ4n) is 3.02. The second kappa shape index (κ2) is 4.97. The van der Waals surface area contributed by atoms with Gasteiger partial charge in [-0.3, -0.25) is 0 Å². The number of aryl methyl sites for hydroxylation is 2. The van der Waals surface area contributed by atoms with Crippen molar-refractivity contribution in [3.8, 4) is 0 Å². The highest BCUT2D eigenvalue weighted by atomic mass is 32.1. The molecule has 1 aromatic heterocycles. The smallest absolute Gasteiger partial charge is 0.137 e. The molecular formula is C15H21N3OS. The SMILES string of the molecule is CC1OCCC1(C)Nc1nc2c(cc1C(N)=S)CCC2. The van der Waals surface area contributed by atoms with Crippen molar-refractivity contribution in [2.45, 2.75) is 51.2 Å².